The topological polar surface area (TPSA) is 58.4 Å². The van der Waals surface area contributed by atoms with Crippen molar-refractivity contribution in [3.8, 4) is 0 Å². The van der Waals surface area contributed by atoms with Crippen LogP contribution in [0.2, 0.25) is 0 Å². The molecule has 1 amide bonds. The van der Waals surface area contributed by atoms with Crippen molar-refractivity contribution in [1.29, 1.82) is 0 Å². The summed E-state index contributed by atoms with van der Waals surface area (Å²) in [6.45, 7) is 0.963. The van der Waals surface area contributed by atoms with Gasteiger partial charge in [-0.05, 0) is 31.4 Å². The summed E-state index contributed by atoms with van der Waals surface area (Å²) >= 11 is 0. The van der Waals surface area contributed by atoms with E-state index in [0.717, 1.165) is 31.5 Å². The summed E-state index contributed by atoms with van der Waals surface area (Å²) < 4.78 is 13.8. The number of hydrogen-bond acceptors (Lipinski definition) is 3. The maximum Gasteiger partial charge on any atom is 0.242 e. The lowest BCUT2D eigenvalue weighted by Gasteiger charge is -2.36. The van der Waals surface area contributed by atoms with Gasteiger partial charge in [0.05, 0.1) is 0 Å². The molecule has 1 aliphatic rings. The molecular weight excluding hydrogens is 245 g/mol. The van der Waals surface area contributed by atoms with E-state index in [0.29, 0.717) is 5.56 Å². The van der Waals surface area contributed by atoms with Gasteiger partial charge in [-0.2, -0.15) is 0 Å². The highest BCUT2D eigenvalue weighted by Crippen LogP contribution is 2.26. The smallest absolute Gasteiger partial charge is 0.242 e. The highest BCUT2D eigenvalue weighted by molar-refractivity contribution is 5.85. The Morgan fingerprint density at radius 3 is 2.95 bits per heavy atom. The Morgan fingerprint density at radius 1 is 1.53 bits per heavy atom. The Morgan fingerprint density at radius 2 is 2.32 bits per heavy atom. The van der Waals surface area contributed by atoms with Crippen molar-refractivity contribution in [2.45, 2.75) is 31.8 Å². The van der Waals surface area contributed by atoms with Crippen molar-refractivity contribution < 1.29 is 9.18 Å². The Kier molecular flexibility index (Phi) is 4.37. The standard InChI is InChI=1S/C14H20FN3O/c1-17-14(19)13-4-2-3-7-18(13)11-6-5-10(9-16)12(15)8-11/h5-6,8,13H,2-4,7,9,16H2,1H3,(H,17,19). The number of halogens is 1. The number of hydrogen-bond donors (Lipinski definition) is 2. The molecule has 0 aliphatic carbocycles. The fraction of sp³-hybridized carbons (Fsp3) is 0.500. The average Bonchev–Trinajstić information content (AvgIpc) is 2.46. The van der Waals surface area contributed by atoms with E-state index >= 15 is 0 Å². The molecule has 0 saturated carbocycles. The fourth-order valence-corrected chi connectivity index (χ4v) is 2.56. The molecule has 1 aromatic rings. The minimum atomic E-state index is -0.304. The number of carbonyl (C=O) groups excluding carboxylic acids is 1. The zero-order valence-electron chi connectivity index (χ0n) is 11.2. The van der Waals surface area contributed by atoms with Gasteiger partial charge >= 0.3 is 0 Å². The van der Waals surface area contributed by atoms with Crippen LogP contribution in [0.25, 0.3) is 0 Å². The van der Waals surface area contributed by atoms with Crippen molar-refractivity contribution in [3.63, 3.8) is 0 Å². The van der Waals surface area contributed by atoms with Crippen LogP contribution in [0.5, 0.6) is 0 Å². The number of rotatable bonds is 3. The van der Waals surface area contributed by atoms with Crippen LogP contribution in [0.1, 0.15) is 24.8 Å². The molecule has 3 N–H and O–H groups in total. The first-order valence-corrected chi connectivity index (χ1v) is 6.64. The van der Waals surface area contributed by atoms with Gasteiger partial charge in [0.1, 0.15) is 11.9 Å². The lowest BCUT2D eigenvalue weighted by Crippen LogP contribution is -2.48. The predicted molar refractivity (Wildman–Crippen MR) is 73.3 cm³/mol. The molecule has 0 aromatic heterocycles. The summed E-state index contributed by atoms with van der Waals surface area (Å²) in [5.74, 6) is -0.316. The maximum atomic E-state index is 13.8. The molecule has 1 heterocycles. The van der Waals surface area contributed by atoms with Gasteiger partial charge in [-0.15, -0.1) is 0 Å². The summed E-state index contributed by atoms with van der Waals surface area (Å²) in [5.41, 5.74) is 6.71. The Balaban J connectivity index is 2.27. The second-order valence-corrected chi connectivity index (χ2v) is 4.80. The molecule has 0 spiro atoms. The summed E-state index contributed by atoms with van der Waals surface area (Å²) in [4.78, 5) is 13.9. The number of benzene rings is 1. The molecule has 1 aliphatic heterocycles. The molecule has 1 saturated heterocycles. The van der Waals surface area contributed by atoms with Gasteiger partial charge < -0.3 is 16.0 Å². The quantitative estimate of drug-likeness (QED) is 0.868. The lowest BCUT2D eigenvalue weighted by atomic mass is 10.00. The first-order chi connectivity index (χ1) is 9.17. The molecule has 1 fully saturated rings. The molecule has 0 bridgehead atoms. The third-order valence-electron chi connectivity index (χ3n) is 3.64. The molecular formula is C14H20FN3O. The molecule has 19 heavy (non-hydrogen) atoms. The molecule has 1 atom stereocenters. The molecule has 0 radical (unpaired) electrons. The van der Waals surface area contributed by atoms with Crippen LogP contribution in [0.15, 0.2) is 18.2 Å². The van der Waals surface area contributed by atoms with Gasteiger partial charge in [0.2, 0.25) is 5.91 Å². The molecule has 2 rings (SSSR count). The Labute approximate surface area is 112 Å². The van der Waals surface area contributed by atoms with E-state index in [1.807, 2.05) is 11.0 Å². The zero-order chi connectivity index (χ0) is 13.8. The van der Waals surface area contributed by atoms with Crippen LogP contribution in [0.4, 0.5) is 10.1 Å². The molecule has 104 valence electrons. The SMILES string of the molecule is CNC(=O)C1CCCCN1c1ccc(CN)c(F)c1. The summed E-state index contributed by atoms with van der Waals surface area (Å²) in [5, 5.41) is 2.68. The molecule has 1 aromatic carbocycles. The number of likely N-dealkylation sites (N-methyl/N-ethyl adjacent to an activating group) is 1. The summed E-state index contributed by atoms with van der Waals surface area (Å²) in [6.07, 6.45) is 2.85. The Hall–Kier alpha value is -1.62. The van der Waals surface area contributed by atoms with Crippen molar-refractivity contribution in [3.05, 3.63) is 29.6 Å². The second kappa shape index (κ2) is 6.02. The monoisotopic (exact) mass is 265 g/mol. The minimum absolute atomic E-state index is 0.0111. The number of anilines is 1. The maximum absolute atomic E-state index is 13.8. The van der Waals surface area contributed by atoms with Crippen LogP contribution in [0.3, 0.4) is 0 Å². The van der Waals surface area contributed by atoms with Crippen LogP contribution < -0.4 is 16.0 Å². The summed E-state index contributed by atoms with van der Waals surface area (Å²) in [7, 11) is 1.63. The third-order valence-corrected chi connectivity index (χ3v) is 3.64. The first-order valence-electron chi connectivity index (χ1n) is 6.64. The van der Waals surface area contributed by atoms with Gasteiger partial charge in [0, 0.05) is 31.4 Å². The Bertz CT molecular complexity index is 464. The number of nitrogens with one attached hydrogen (secondary N) is 1. The highest BCUT2D eigenvalue weighted by atomic mass is 19.1. The normalized spacial score (nSPS) is 19.3. The third kappa shape index (κ3) is 2.87. The van der Waals surface area contributed by atoms with Crippen LogP contribution >= 0.6 is 0 Å². The van der Waals surface area contributed by atoms with E-state index in [1.165, 1.54) is 6.07 Å². The van der Waals surface area contributed by atoms with Gasteiger partial charge in [0.25, 0.3) is 0 Å². The first kappa shape index (κ1) is 13.8. The van der Waals surface area contributed by atoms with Gasteiger partial charge in [-0.25, -0.2) is 4.39 Å². The van der Waals surface area contributed by atoms with E-state index < -0.39 is 0 Å². The predicted octanol–water partition coefficient (Wildman–Crippen LogP) is 1.39. The number of piperidine rings is 1. The van der Waals surface area contributed by atoms with E-state index in [4.69, 9.17) is 5.73 Å². The highest BCUT2D eigenvalue weighted by Gasteiger charge is 2.28. The summed E-state index contributed by atoms with van der Waals surface area (Å²) in [6, 6.07) is 4.80. The minimum Gasteiger partial charge on any atom is -0.359 e. The molecule has 5 heteroatoms. The van der Waals surface area contributed by atoms with Gasteiger partial charge in [0.15, 0.2) is 0 Å². The van der Waals surface area contributed by atoms with Gasteiger partial charge in [-0.3, -0.25) is 4.79 Å². The number of nitrogens with zero attached hydrogens (tertiary/aromatic N) is 1. The van der Waals surface area contributed by atoms with Crippen molar-refractivity contribution in [1.82, 2.24) is 5.32 Å². The van der Waals surface area contributed by atoms with Crippen LogP contribution in [0, 0.1) is 5.82 Å². The van der Waals surface area contributed by atoms with Crippen molar-refractivity contribution >= 4 is 11.6 Å². The van der Waals surface area contributed by atoms with E-state index in [1.54, 1.807) is 13.1 Å². The van der Waals surface area contributed by atoms with E-state index in [-0.39, 0.29) is 24.3 Å². The van der Waals surface area contributed by atoms with E-state index in [9.17, 15) is 9.18 Å². The molecule has 4 nitrogen and oxygen atoms in total. The number of amides is 1. The lowest BCUT2D eigenvalue weighted by molar-refractivity contribution is -0.122. The zero-order valence-corrected chi connectivity index (χ0v) is 11.2. The average molecular weight is 265 g/mol. The fourth-order valence-electron chi connectivity index (χ4n) is 2.56. The molecule has 1 unspecified atom stereocenters. The largest absolute Gasteiger partial charge is 0.359 e. The van der Waals surface area contributed by atoms with Gasteiger partial charge in [-0.1, -0.05) is 6.07 Å². The van der Waals surface area contributed by atoms with Crippen molar-refractivity contribution in [2.75, 3.05) is 18.5 Å². The van der Waals surface area contributed by atoms with Crippen LogP contribution in [-0.4, -0.2) is 25.5 Å². The van der Waals surface area contributed by atoms with E-state index in [2.05, 4.69) is 5.32 Å². The van der Waals surface area contributed by atoms with Crippen molar-refractivity contribution in [2.24, 2.45) is 5.73 Å². The van der Waals surface area contributed by atoms with Crippen LogP contribution in [-0.2, 0) is 11.3 Å². The second-order valence-electron chi connectivity index (χ2n) is 4.80. The number of carbonyl (C=O) groups is 1. The number of nitrogens with two attached hydrogens (primary N) is 1.